The number of hydrogen-bond donors (Lipinski definition) is 1. The van der Waals surface area contributed by atoms with Gasteiger partial charge in [0.1, 0.15) is 17.6 Å². The van der Waals surface area contributed by atoms with E-state index in [0.717, 1.165) is 11.3 Å². The molecule has 2 aromatic carbocycles. The number of rotatable bonds is 9. The predicted molar refractivity (Wildman–Crippen MR) is 106 cm³/mol. The maximum Gasteiger partial charge on any atom is 0.242 e. The first-order valence-corrected chi connectivity index (χ1v) is 9.43. The van der Waals surface area contributed by atoms with Crippen LogP contribution in [0.5, 0.6) is 5.75 Å². The number of ether oxygens (including phenoxy) is 1. The molecule has 0 fully saturated rings. The summed E-state index contributed by atoms with van der Waals surface area (Å²) in [6.45, 7) is 4.53. The van der Waals surface area contributed by atoms with Gasteiger partial charge in [0.05, 0.1) is 13.5 Å². The molecule has 0 spiro atoms. The van der Waals surface area contributed by atoms with Gasteiger partial charge in [-0.3, -0.25) is 9.59 Å². The summed E-state index contributed by atoms with van der Waals surface area (Å²) < 4.78 is 18.3. The Balaban J connectivity index is 2.25. The molecule has 0 aliphatic heterocycles. The van der Waals surface area contributed by atoms with E-state index in [1.165, 1.54) is 12.1 Å². The number of nitrogens with zero attached hydrogens (tertiary/aromatic N) is 1. The fourth-order valence-corrected chi connectivity index (χ4v) is 3.02. The summed E-state index contributed by atoms with van der Waals surface area (Å²) in [5, 5.41) is 2.80. The number of benzene rings is 2. The molecule has 2 amide bonds. The third-order valence-corrected chi connectivity index (χ3v) is 4.52. The highest BCUT2D eigenvalue weighted by atomic mass is 19.1. The Morgan fingerprint density at radius 3 is 2.18 bits per heavy atom. The normalized spacial score (nSPS) is 11.6. The summed E-state index contributed by atoms with van der Waals surface area (Å²) in [6.07, 6.45) is 0.601. The molecule has 0 saturated heterocycles. The molecule has 1 unspecified atom stereocenters. The van der Waals surface area contributed by atoms with Crippen LogP contribution in [0.1, 0.15) is 31.4 Å². The molecule has 1 atom stereocenters. The van der Waals surface area contributed by atoms with Crippen LogP contribution in [0.25, 0.3) is 0 Å². The number of methoxy groups -OCH3 is 1. The molecule has 6 heteroatoms. The van der Waals surface area contributed by atoms with Crippen LogP contribution in [-0.2, 0) is 22.6 Å². The molecule has 150 valence electrons. The molecular formula is C22H27FN2O3. The van der Waals surface area contributed by atoms with E-state index in [2.05, 4.69) is 5.32 Å². The lowest BCUT2D eigenvalue weighted by Gasteiger charge is -2.30. The van der Waals surface area contributed by atoms with E-state index in [4.69, 9.17) is 4.74 Å². The van der Waals surface area contributed by atoms with E-state index in [9.17, 15) is 14.0 Å². The van der Waals surface area contributed by atoms with Crippen molar-refractivity contribution in [3.8, 4) is 5.75 Å². The molecule has 1 N–H and O–H groups in total. The standard InChI is InChI=1S/C22H27FN2O3/c1-4-20(22(27)24-5-2)25(15-17-8-12-19(28-3)13-9-17)21(26)14-16-6-10-18(23)11-7-16/h6-13,20H,4-5,14-15H2,1-3H3,(H,24,27). The van der Waals surface area contributed by atoms with Gasteiger partial charge in [0.15, 0.2) is 0 Å². The van der Waals surface area contributed by atoms with E-state index < -0.39 is 6.04 Å². The van der Waals surface area contributed by atoms with Crippen LogP contribution in [0.15, 0.2) is 48.5 Å². The van der Waals surface area contributed by atoms with Gasteiger partial charge in [-0.2, -0.15) is 0 Å². The van der Waals surface area contributed by atoms with Gasteiger partial charge < -0.3 is 15.0 Å². The van der Waals surface area contributed by atoms with Crippen molar-refractivity contribution in [3.63, 3.8) is 0 Å². The van der Waals surface area contributed by atoms with Crippen LogP contribution in [-0.4, -0.2) is 36.4 Å². The lowest BCUT2D eigenvalue weighted by Crippen LogP contribution is -2.49. The Kier molecular flexibility index (Phi) is 7.99. The largest absolute Gasteiger partial charge is 0.497 e. The second kappa shape index (κ2) is 10.4. The Hall–Kier alpha value is -2.89. The molecule has 0 aliphatic rings. The van der Waals surface area contributed by atoms with Gasteiger partial charge in [-0.05, 0) is 48.7 Å². The van der Waals surface area contributed by atoms with Gasteiger partial charge in [-0.1, -0.05) is 31.2 Å². The number of carbonyl (C=O) groups excluding carboxylic acids is 2. The monoisotopic (exact) mass is 386 g/mol. The van der Waals surface area contributed by atoms with Gasteiger partial charge in [0.2, 0.25) is 11.8 Å². The zero-order chi connectivity index (χ0) is 20.5. The van der Waals surface area contributed by atoms with E-state index in [1.807, 2.05) is 38.1 Å². The molecule has 0 radical (unpaired) electrons. The van der Waals surface area contributed by atoms with Crippen molar-refractivity contribution in [2.75, 3.05) is 13.7 Å². The molecule has 0 heterocycles. The summed E-state index contributed by atoms with van der Waals surface area (Å²) in [4.78, 5) is 27.2. The quantitative estimate of drug-likeness (QED) is 0.719. The van der Waals surface area contributed by atoms with Gasteiger partial charge in [0, 0.05) is 13.1 Å². The van der Waals surface area contributed by atoms with Crippen LogP contribution < -0.4 is 10.1 Å². The fourth-order valence-electron chi connectivity index (χ4n) is 3.02. The highest BCUT2D eigenvalue weighted by molar-refractivity contribution is 5.88. The molecular weight excluding hydrogens is 359 g/mol. The topological polar surface area (TPSA) is 58.6 Å². The second-order valence-corrected chi connectivity index (χ2v) is 6.49. The number of halogens is 1. The van der Waals surface area contributed by atoms with Crippen molar-refractivity contribution in [2.24, 2.45) is 0 Å². The van der Waals surface area contributed by atoms with Crippen molar-refractivity contribution in [1.29, 1.82) is 0 Å². The minimum Gasteiger partial charge on any atom is -0.497 e. The molecule has 0 bridgehead atoms. The van der Waals surface area contributed by atoms with Crippen LogP contribution in [0, 0.1) is 5.82 Å². The van der Waals surface area contributed by atoms with E-state index in [-0.39, 0.29) is 24.1 Å². The van der Waals surface area contributed by atoms with Gasteiger partial charge in [-0.15, -0.1) is 0 Å². The molecule has 0 saturated carbocycles. The number of amides is 2. The van der Waals surface area contributed by atoms with Crippen LogP contribution >= 0.6 is 0 Å². The highest BCUT2D eigenvalue weighted by Gasteiger charge is 2.28. The zero-order valence-corrected chi connectivity index (χ0v) is 16.6. The van der Waals surface area contributed by atoms with Crippen molar-refractivity contribution in [1.82, 2.24) is 10.2 Å². The lowest BCUT2D eigenvalue weighted by atomic mass is 10.1. The summed E-state index contributed by atoms with van der Waals surface area (Å²) in [7, 11) is 1.59. The Morgan fingerprint density at radius 2 is 1.64 bits per heavy atom. The second-order valence-electron chi connectivity index (χ2n) is 6.49. The molecule has 0 aliphatic carbocycles. The third kappa shape index (κ3) is 5.81. The minimum absolute atomic E-state index is 0.104. The van der Waals surface area contributed by atoms with E-state index >= 15 is 0 Å². The van der Waals surface area contributed by atoms with Crippen LogP contribution in [0.3, 0.4) is 0 Å². The Labute approximate surface area is 165 Å². The summed E-state index contributed by atoms with van der Waals surface area (Å²) in [5.74, 6) is 0.0234. The Morgan fingerprint density at radius 1 is 1.04 bits per heavy atom. The van der Waals surface area contributed by atoms with Crippen molar-refractivity contribution in [3.05, 3.63) is 65.5 Å². The SMILES string of the molecule is CCNC(=O)C(CC)N(Cc1ccc(OC)cc1)C(=O)Cc1ccc(F)cc1. The summed E-state index contributed by atoms with van der Waals surface area (Å²) in [5.41, 5.74) is 1.60. The third-order valence-electron chi connectivity index (χ3n) is 4.52. The minimum atomic E-state index is -0.574. The highest BCUT2D eigenvalue weighted by Crippen LogP contribution is 2.17. The smallest absolute Gasteiger partial charge is 0.242 e. The van der Waals surface area contributed by atoms with Crippen molar-refractivity contribution >= 4 is 11.8 Å². The summed E-state index contributed by atoms with van der Waals surface area (Å²) >= 11 is 0. The molecule has 0 aromatic heterocycles. The van der Waals surface area contributed by atoms with Crippen LogP contribution in [0.4, 0.5) is 4.39 Å². The van der Waals surface area contributed by atoms with Crippen LogP contribution in [0.2, 0.25) is 0 Å². The maximum absolute atomic E-state index is 13.1. The first-order chi connectivity index (χ1) is 13.5. The average Bonchev–Trinajstić information content (AvgIpc) is 2.70. The van der Waals surface area contributed by atoms with Crippen molar-refractivity contribution in [2.45, 2.75) is 39.3 Å². The molecule has 2 rings (SSSR count). The average molecular weight is 386 g/mol. The van der Waals surface area contributed by atoms with Gasteiger partial charge >= 0.3 is 0 Å². The number of likely N-dealkylation sites (N-methyl/N-ethyl adjacent to an activating group) is 1. The predicted octanol–water partition coefficient (Wildman–Crippen LogP) is 3.32. The maximum atomic E-state index is 13.1. The number of hydrogen-bond acceptors (Lipinski definition) is 3. The fraction of sp³-hybridized carbons (Fsp3) is 0.364. The Bertz CT molecular complexity index is 775. The molecule has 5 nitrogen and oxygen atoms in total. The molecule has 28 heavy (non-hydrogen) atoms. The number of carbonyl (C=O) groups is 2. The van der Waals surface area contributed by atoms with Gasteiger partial charge in [-0.25, -0.2) is 4.39 Å². The van der Waals surface area contributed by atoms with E-state index in [1.54, 1.807) is 24.1 Å². The van der Waals surface area contributed by atoms with Gasteiger partial charge in [0.25, 0.3) is 0 Å². The first-order valence-electron chi connectivity index (χ1n) is 9.43. The summed E-state index contributed by atoms with van der Waals surface area (Å²) in [6, 6.07) is 12.7. The lowest BCUT2D eigenvalue weighted by molar-refractivity contribution is -0.140. The number of nitrogens with one attached hydrogen (secondary N) is 1. The zero-order valence-electron chi connectivity index (χ0n) is 16.6. The van der Waals surface area contributed by atoms with E-state index in [0.29, 0.717) is 25.1 Å². The van der Waals surface area contributed by atoms with Crippen molar-refractivity contribution < 1.29 is 18.7 Å². The first kappa shape index (κ1) is 21.4. The molecule has 2 aromatic rings.